The summed E-state index contributed by atoms with van der Waals surface area (Å²) >= 11 is 0. The molecule has 0 spiro atoms. The number of phenolic OH excluding ortho intramolecular Hbond substituents is 1. The second-order valence-corrected chi connectivity index (χ2v) is 7.01. The highest BCUT2D eigenvalue weighted by atomic mass is 16.3. The molecule has 0 unspecified atom stereocenters. The van der Waals surface area contributed by atoms with E-state index in [-0.39, 0.29) is 11.3 Å². The molecular formula is C22H23N5O2. The van der Waals surface area contributed by atoms with Gasteiger partial charge in [-0.2, -0.15) is 9.50 Å². The highest BCUT2D eigenvalue weighted by molar-refractivity contribution is 5.65. The lowest BCUT2D eigenvalue weighted by Gasteiger charge is -2.11. The summed E-state index contributed by atoms with van der Waals surface area (Å²) < 4.78 is 1.36. The first-order valence-corrected chi connectivity index (χ1v) is 9.63. The Balaban J connectivity index is 1.62. The van der Waals surface area contributed by atoms with E-state index in [0.717, 1.165) is 28.8 Å². The molecule has 2 heterocycles. The van der Waals surface area contributed by atoms with Crippen molar-refractivity contribution in [3.05, 3.63) is 81.6 Å². The van der Waals surface area contributed by atoms with Gasteiger partial charge in [-0.3, -0.25) is 9.89 Å². The van der Waals surface area contributed by atoms with Crippen LogP contribution in [0.3, 0.4) is 0 Å². The van der Waals surface area contributed by atoms with Gasteiger partial charge in [0, 0.05) is 22.9 Å². The van der Waals surface area contributed by atoms with Gasteiger partial charge in [0.1, 0.15) is 5.75 Å². The molecule has 1 aliphatic rings. The van der Waals surface area contributed by atoms with Gasteiger partial charge in [0.05, 0.1) is 12.2 Å². The molecule has 7 heteroatoms. The number of benzene rings is 1. The van der Waals surface area contributed by atoms with Gasteiger partial charge in [-0.25, -0.2) is 4.98 Å². The molecule has 0 saturated heterocycles. The van der Waals surface area contributed by atoms with Gasteiger partial charge in [-0.15, -0.1) is 0 Å². The molecular weight excluding hydrogens is 366 g/mol. The first-order valence-electron chi connectivity index (χ1n) is 9.63. The van der Waals surface area contributed by atoms with Crippen LogP contribution in [0.4, 0.5) is 5.69 Å². The number of nitrogens with zero attached hydrogens (tertiary/aromatic N) is 3. The fourth-order valence-corrected chi connectivity index (χ4v) is 3.36. The molecule has 0 radical (unpaired) electrons. The highest BCUT2D eigenvalue weighted by Gasteiger charge is 2.12. The quantitative estimate of drug-likeness (QED) is 0.620. The number of hydrogen-bond donors (Lipinski definition) is 3. The zero-order valence-corrected chi connectivity index (χ0v) is 16.4. The molecule has 1 aromatic carbocycles. The molecule has 2 aromatic heterocycles. The molecule has 0 fully saturated rings. The molecule has 4 rings (SSSR count). The van der Waals surface area contributed by atoms with Crippen molar-refractivity contribution >= 4 is 17.0 Å². The Morgan fingerprint density at radius 1 is 1.28 bits per heavy atom. The van der Waals surface area contributed by atoms with Gasteiger partial charge in [-0.1, -0.05) is 42.9 Å². The number of aromatic hydroxyl groups is 1. The number of H-pyrrole nitrogens is 1. The number of fused-ring (bicyclic) bond motifs is 1. The monoisotopic (exact) mass is 389 g/mol. The number of hydrogen-bond acceptors (Lipinski definition) is 5. The number of nitrogens with one attached hydrogen (secondary N) is 2. The molecule has 148 valence electrons. The lowest BCUT2D eigenvalue weighted by molar-refractivity contribution is 0.469. The molecule has 0 atom stereocenters. The van der Waals surface area contributed by atoms with Crippen LogP contribution in [-0.2, 0) is 13.0 Å². The molecule has 0 amide bonds. The van der Waals surface area contributed by atoms with Gasteiger partial charge in [0.2, 0.25) is 0 Å². The zero-order chi connectivity index (χ0) is 20.4. The molecule has 0 aliphatic heterocycles. The van der Waals surface area contributed by atoms with Gasteiger partial charge in [-0.05, 0) is 31.9 Å². The van der Waals surface area contributed by atoms with Crippen LogP contribution in [-0.4, -0.2) is 24.7 Å². The summed E-state index contributed by atoms with van der Waals surface area (Å²) in [7, 11) is 0. The largest absolute Gasteiger partial charge is 0.508 e. The van der Waals surface area contributed by atoms with Crippen molar-refractivity contribution in [2.45, 2.75) is 33.2 Å². The molecule has 0 saturated carbocycles. The fourth-order valence-electron chi connectivity index (χ4n) is 3.36. The van der Waals surface area contributed by atoms with E-state index in [1.165, 1.54) is 10.6 Å². The van der Waals surface area contributed by atoms with Crippen LogP contribution in [0.25, 0.3) is 11.4 Å². The first-order chi connectivity index (χ1) is 14.0. The maximum absolute atomic E-state index is 12.5. The summed E-state index contributed by atoms with van der Waals surface area (Å²) in [6.45, 7) is 4.38. The zero-order valence-electron chi connectivity index (χ0n) is 16.4. The highest BCUT2D eigenvalue weighted by Crippen LogP contribution is 2.26. The van der Waals surface area contributed by atoms with Crippen LogP contribution >= 0.6 is 0 Å². The first kappa shape index (κ1) is 18.7. The Hall–Kier alpha value is -3.61. The van der Waals surface area contributed by atoms with Crippen LogP contribution in [0, 0.1) is 0 Å². The third-order valence-electron chi connectivity index (χ3n) is 4.92. The number of anilines is 1. The van der Waals surface area contributed by atoms with E-state index in [2.05, 4.69) is 32.5 Å². The van der Waals surface area contributed by atoms with Gasteiger partial charge >= 0.3 is 0 Å². The van der Waals surface area contributed by atoms with E-state index in [0.29, 0.717) is 30.3 Å². The van der Waals surface area contributed by atoms with Gasteiger partial charge in [0.15, 0.2) is 5.82 Å². The normalized spacial score (nSPS) is 13.9. The number of aromatic amines is 1. The fraction of sp³-hybridized carbons (Fsp3) is 0.227. The predicted octanol–water partition coefficient (Wildman–Crippen LogP) is 3.59. The maximum atomic E-state index is 12.5. The molecule has 1 aliphatic carbocycles. The van der Waals surface area contributed by atoms with Crippen LogP contribution in [0.2, 0.25) is 0 Å². The van der Waals surface area contributed by atoms with E-state index >= 15 is 0 Å². The molecule has 29 heavy (non-hydrogen) atoms. The Kier molecular flexibility index (Phi) is 5.03. The van der Waals surface area contributed by atoms with Crippen molar-refractivity contribution < 1.29 is 5.11 Å². The van der Waals surface area contributed by atoms with Crippen molar-refractivity contribution in [2.24, 2.45) is 0 Å². The maximum Gasteiger partial charge on any atom is 0.274 e. The second-order valence-electron chi connectivity index (χ2n) is 7.01. The lowest BCUT2D eigenvalue weighted by Crippen LogP contribution is -2.17. The second kappa shape index (κ2) is 7.79. The average Bonchev–Trinajstić information content (AvgIpc) is 3.01. The van der Waals surface area contributed by atoms with Crippen molar-refractivity contribution in [3.63, 3.8) is 0 Å². The van der Waals surface area contributed by atoms with Gasteiger partial charge < -0.3 is 10.4 Å². The van der Waals surface area contributed by atoms with E-state index in [1.807, 2.05) is 32.1 Å². The van der Waals surface area contributed by atoms with Crippen molar-refractivity contribution in [3.8, 4) is 5.75 Å². The number of allylic oxidation sites excluding steroid dienone is 6. The Bertz CT molecular complexity index is 1210. The van der Waals surface area contributed by atoms with Crippen LogP contribution < -0.4 is 10.9 Å². The van der Waals surface area contributed by atoms with Crippen molar-refractivity contribution in [1.29, 1.82) is 0 Å². The minimum absolute atomic E-state index is 0.214. The number of phenols is 1. The van der Waals surface area contributed by atoms with Crippen molar-refractivity contribution in [2.75, 3.05) is 5.32 Å². The summed E-state index contributed by atoms with van der Waals surface area (Å²) in [6, 6.07) is 6.84. The number of rotatable bonds is 5. The van der Waals surface area contributed by atoms with Gasteiger partial charge in [0.25, 0.3) is 11.3 Å². The van der Waals surface area contributed by atoms with Crippen molar-refractivity contribution in [1.82, 2.24) is 19.6 Å². The molecule has 3 aromatic rings. The van der Waals surface area contributed by atoms with Crippen LogP contribution in [0.15, 0.2) is 58.9 Å². The van der Waals surface area contributed by atoms with E-state index in [4.69, 9.17) is 0 Å². The standard InChI is InChI=1S/C22H23N5O2/c1-3-17-18(8-5-9-19(17)28)23-13-16-12-20(29)27-22(24-16)25-21(26-27)15-7-4-6-14(2)10-11-15/h4-6,8-12,23,28H,3,7,13H2,1-2H3,(H,24,25,26). The van der Waals surface area contributed by atoms with E-state index in [9.17, 15) is 9.90 Å². The summed E-state index contributed by atoms with van der Waals surface area (Å²) in [6.07, 6.45) is 9.60. The van der Waals surface area contributed by atoms with E-state index in [1.54, 1.807) is 12.1 Å². The third kappa shape index (κ3) is 3.85. The predicted molar refractivity (Wildman–Crippen MR) is 114 cm³/mol. The Labute approximate surface area is 168 Å². The SMILES string of the molecule is CCc1c(O)cccc1NCc1cc(=O)n2[nH]c(C3=CC=C(C)C=CC3)nc2n1. The van der Waals surface area contributed by atoms with Crippen LogP contribution in [0.1, 0.15) is 37.4 Å². The molecule has 3 N–H and O–H groups in total. The Morgan fingerprint density at radius 2 is 2.14 bits per heavy atom. The lowest BCUT2D eigenvalue weighted by atomic mass is 10.1. The average molecular weight is 389 g/mol. The van der Waals surface area contributed by atoms with Crippen LogP contribution in [0.5, 0.6) is 5.75 Å². The summed E-state index contributed by atoms with van der Waals surface area (Å²) in [5, 5.41) is 16.3. The van der Waals surface area contributed by atoms with E-state index < -0.39 is 0 Å². The minimum atomic E-state index is -0.214. The smallest absolute Gasteiger partial charge is 0.274 e. The molecule has 0 bridgehead atoms. The topological polar surface area (TPSA) is 95.3 Å². The molecule has 7 nitrogen and oxygen atoms in total. The number of aromatic nitrogens is 4. The summed E-state index contributed by atoms with van der Waals surface area (Å²) in [5.41, 5.74) is 4.20. The summed E-state index contributed by atoms with van der Waals surface area (Å²) in [4.78, 5) is 21.6. The third-order valence-corrected chi connectivity index (χ3v) is 4.92. The Morgan fingerprint density at radius 3 is 2.97 bits per heavy atom. The minimum Gasteiger partial charge on any atom is -0.508 e. The summed E-state index contributed by atoms with van der Waals surface area (Å²) in [5.74, 6) is 1.23.